The van der Waals surface area contributed by atoms with Crippen molar-refractivity contribution >= 4 is 33.4 Å². The standard InChI is InChI=1S/C35H33NO4/c37-35(38)40-34-31(21-11-23-39-32-22-9-15-25-14-7-8-17-27(25)32)30-20-10-19-29(33(30)36-34)28-18-6-2-5-16-26(28)24-12-3-1-4-13-24/h1,3-4,7-10,12-15,17-20,22,26,36H,2,5-6,11,16,21,23H2,(H,37,38). The van der Waals surface area contributed by atoms with Crippen molar-refractivity contribution < 1.29 is 19.4 Å². The number of aromatic amines is 1. The molecule has 6 rings (SSSR count). The number of hydrogen-bond donors (Lipinski definition) is 2. The van der Waals surface area contributed by atoms with Gasteiger partial charge in [0.1, 0.15) is 5.75 Å². The minimum absolute atomic E-state index is 0.291. The fraction of sp³-hybridized carbons (Fsp3) is 0.229. The van der Waals surface area contributed by atoms with Crippen LogP contribution >= 0.6 is 0 Å². The maximum Gasteiger partial charge on any atom is 0.512 e. The van der Waals surface area contributed by atoms with Crippen LogP contribution in [0.2, 0.25) is 0 Å². The van der Waals surface area contributed by atoms with E-state index in [-0.39, 0.29) is 0 Å². The molecule has 1 heterocycles. The molecule has 5 heteroatoms. The molecule has 0 bridgehead atoms. The van der Waals surface area contributed by atoms with Gasteiger partial charge in [0.15, 0.2) is 0 Å². The van der Waals surface area contributed by atoms with Crippen molar-refractivity contribution in [3.8, 4) is 11.6 Å². The van der Waals surface area contributed by atoms with E-state index in [2.05, 4.69) is 77.8 Å². The third-order valence-electron chi connectivity index (χ3n) is 7.87. The lowest BCUT2D eigenvalue weighted by Gasteiger charge is -2.21. The Morgan fingerprint density at radius 3 is 2.52 bits per heavy atom. The van der Waals surface area contributed by atoms with Crippen LogP contribution < -0.4 is 9.47 Å². The third-order valence-corrected chi connectivity index (χ3v) is 7.87. The second kappa shape index (κ2) is 11.7. The zero-order chi connectivity index (χ0) is 27.3. The van der Waals surface area contributed by atoms with E-state index < -0.39 is 6.16 Å². The van der Waals surface area contributed by atoms with Gasteiger partial charge in [0, 0.05) is 27.8 Å². The first-order chi connectivity index (χ1) is 19.7. The van der Waals surface area contributed by atoms with Crippen LogP contribution in [-0.4, -0.2) is 22.9 Å². The van der Waals surface area contributed by atoms with Crippen LogP contribution in [-0.2, 0) is 6.42 Å². The lowest BCUT2D eigenvalue weighted by Crippen LogP contribution is -2.06. The first kappa shape index (κ1) is 25.8. The molecular formula is C35H33NO4. The Morgan fingerprint density at radius 2 is 1.65 bits per heavy atom. The number of aromatic nitrogens is 1. The number of rotatable bonds is 8. The highest BCUT2D eigenvalue weighted by molar-refractivity contribution is 5.96. The van der Waals surface area contributed by atoms with Gasteiger partial charge in [-0.05, 0) is 54.7 Å². The smallest absolute Gasteiger partial charge is 0.493 e. The summed E-state index contributed by atoms with van der Waals surface area (Å²) in [6.45, 7) is 0.508. The molecule has 1 atom stereocenters. The van der Waals surface area contributed by atoms with Crippen LogP contribution in [0.4, 0.5) is 4.79 Å². The SMILES string of the molecule is O=C(O)Oc1[nH]c2c(C3=CCCCCC3c3ccccc3)cccc2c1CCCOc1cccc2ccccc12. The Morgan fingerprint density at radius 1 is 0.875 bits per heavy atom. The molecule has 4 aromatic carbocycles. The first-order valence-corrected chi connectivity index (χ1v) is 14.1. The molecule has 0 saturated carbocycles. The number of carboxylic acid groups (broad SMARTS) is 1. The first-order valence-electron chi connectivity index (χ1n) is 14.1. The van der Waals surface area contributed by atoms with Crippen LogP contribution in [0.15, 0.2) is 97.1 Å². The van der Waals surface area contributed by atoms with Crippen LogP contribution in [0.1, 0.15) is 54.7 Å². The van der Waals surface area contributed by atoms with Gasteiger partial charge >= 0.3 is 6.16 Å². The Bertz CT molecular complexity index is 1660. The number of hydrogen-bond acceptors (Lipinski definition) is 3. The fourth-order valence-corrected chi connectivity index (χ4v) is 6.04. The van der Waals surface area contributed by atoms with Crippen molar-refractivity contribution in [2.45, 2.75) is 44.4 Å². The monoisotopic (exact) mass is 531 g/mol. The summed E-state index contributed by atoms with van der Waals surface area (Å²) in [6.07, 6.45) is 6.85. The highest BCUT2D eigenvalue weighted by atomic mass is 16.7. The van der Waals surface area contributed by atoms with Crippen molar-refractivity contribution in [2.75, 3.05) is 6.61 Å². The van der Waals surface area contributed by atoms with Crippen molar-refractivity contribution in [1.82, 2.24) is 4.98 Å². The number of aryl methyl sites for hydroxylation is 1. The van der Waals surface area contributed by atoms with E-state index in [0.29, 0.717) is 31.2 Å². The molecule has 0 fully saturated rings. The predicted octanol–water partition coefficient (Wildman–Crippen LogP) is 9.13. The second-order valence-corrected chi connectivity index (χ2v) is 10.4. The Kier molecular flexibility index (Phi) is 7.53. The number of allylic oxidation sites excluding steroid dienone is 2. The summed E-state index contributed by atoms with van der Waals surface area (Å²) in [6, 6.07) is 31.2. The van der Waals surface area contributed by atoms with E-state index in [1.807, 2.05) is 24.3 Å². The molecule has 5 nitrogen and oxygen atoms in total. The van der Waals surface area contributed by atoms with E-state index in [9.17, 15) is 9.90 Å². The predicted molar refractivity (Wildman–Crippen MR) is 160 cm³/mol. The molecule has 0 aliphatic heterocycles. The maximum absolute atomic E-state index is 11.6. The van der Waals surface area contributed by atoms with Gasteiger partial charge in [-0.25, -0.2) is 4.79 Å². The van der Waals surface area contributed by atoms with Crippen molar-refractivity contribution in [3.05, 3.63) is 114 Å². The Labute approximate surface area is 234 Å². The Hall–Kier alpha value is -4.51. The van der Waals surface area contributed by atoms with Gasteiger partial charge in [-0.3, -0.25) is 0 Å². The third kappa shape index (κ3) is 5.32. The molecule has 0 spiro atoms. The summed E-state index contributed by atoms with van der Waals surface area (Å²) in [5.41, 5.74) is 5.51. The molecule has 5 aromatic rings. The average Bonchev–Trinajstić information content (AvgIpc) is 3.14. The molecule has 1 aliphatic carbocycles. The zero-order valence-electron chi connectivity index (χ0n) is 22.4. The number of carbonyl (C=O) groups is 1. The van der Waals surface area contributed by atoms with Crippen LogP contribution in [0.5, 0.6) is 11.6 Å². The van der Waals surface area contributed by atoms with Crippen molar-refractivity contribution in [3.63, 3.8) is 0 Å². The number of para-hydroxylation sites is 1. The summed E-state index contributed by atoms with van der Waals surface area (Å²) >= 11 is 0. The average molecular weight is 532 g/mol. The largest absolute Gasteiger partial charge is 0.512 e. The minimum Gasteiger partial charge on any atom is -0.493 e. The molecule has 2 N–H and O–H groups in total. The van der Waals surface area contributed by atoms with Crippen LogP contribution in [0.25, 0.3) is 27.2 Å². The van der Waals surface area contributed by atoms with Crippen molar-refractivity contribution in [2.24, 2.45) is 0 Å². The summed E-state index contributed by atoms with van der Waals surface area (Å²) in [5, 5.41) is 12.7. The number of H-pyrrole nitrogens is 1. The molecule has 40 heavy (non-hydrogen) atoms. The Balaban J connectivity index is 1.30. The summed E-state index contributed by atoms with van der Waals surface area (Å²) in [7, 11) is 0. The summed E-state index contributed by atoms with van der Waals surface area (Å²) in [5.74, 6) is 1.44. The van der Waals surface area contributed by atoms with Crippen molar-refractivity contribution in [1.29, 1.82) is 0 Å². The van der Waals surface area contributed by atoms with Crippen LogP contribution in [0, 0.1) is 0 Å². The van der Waals surface area contributed by atoms with E-state index in [1.165, 1.54) is 24.0 Å². The molecule has 0 amide bonds. The number of nitrogens with one attached hydrogen (secondary N) is 1. The highest BCUT2D eigenvalue weighted by Crippen LogP contribution is 2.43. The van der Waals surface area contributed by atoms with E-state index in [0.717, 1.165) is 51.4 Å². The van der Waals surface area contributed by atoms with Gasteiger partial charge in [0.05, 0.1) is 12.1 Å². The van der Waals surface area contributed by atoms with E-state index in [1.54, 1.807) is 0 Å². The maximum atomic E-state index is 11.6. The second-order valence-electron chi connectivity index (χ2n) is 10.4. The molecule has 1 aliphatic rings. The lowest BCUT2D eigenvalue weighted by atomic mass is 9.83. The van der Waals surface area contributed by atoms with Gasteiger partial charge in [-0.1, -0.05) is 97.4 Å². The van der Waals surface area contributed by atoms with E-state index >= 15 is 0 Å². The van der Waals surface area contributed by atoms with Gasteiger partial charge in [-0.15, -0.1) is 0 Å². The molecular weight excluding hydrogens is 498 g/mol. The van der Waals surface area contributed by atoms with Gasteiger partial charge in [0.25, 0.3) is 0 Å². The highest BCUT2D eigenvalue weighted by Gasteiger charge is 2.24. The molecule has 1 aromatic heterocycles. The fourth-order valence-electron chi connectivity index (χ4n) is 6.04. The minimum atomic E-state index is -1.32. The zero-order valence-corrected chi connectivity index (χ0v) is 22.4. The van der Waals surface area contributed by atoms with Gasteiger partial charge in [0.2, 0.25) is 5.88 Å². The normalized spacial score (nSPS) is 15.5. The molecule has 0 radical (unpaired) electrons. The number of benzene rings is 4. The number of ether oxygens (including phenoxy) is 2. The van der Waals surface area contributed by atoms with Gasteiger partial charge in [-0.2, -0.15) is 0 Å². The van der Waals surface area contributed by atoms with Crippen LogP contribution in [0.3, 0.4) is 0 Å². The topological polar surface area (TPSA) is 71.5 Å². The van der Waals surface area contributed by atoms with Gasteiger partial charge < -0.3 is 19.6 Å². The molecule has 0 saturated heterocycles. The summed E-state index contributed by atoms with van der Waals surface area (Å²) < 4.78 is 11.5. The lowest BCUT2D eigenvalue weighted by molar-refractivity contribution is 0.142. The number of fused-ring (bicyclic) bond motifs is 2. The summed E-state index contributed by atoms with van der Waals surface area (Å²) in [4.78, 5) is 15.0. The molecule has 1 unspecified atom stereocenters. The van der Waals surface area contributed by atoms with E-state index in [4.69, 9.17) is 9.47 Å². The quantitative estimate of drug-likeness (QED) is 0.155. The molecule has 202 valence electrons.